The topological polar surface area (TPSA) is 93.7 Å². The van der Waals surface area contributed by atoms with E-state index in [1.54, 1.807) is 0 Å². The Labute approximate surface area is 186 Å². The summed E-state index contributed by atoms with van der Waals surface area (Å²) < 4.78 is 11.8. The zero-order valence-corrected chi connectivity index (χ0v) is 18.1. The standard InChI is InChI=1S/C25H26N2O5/c1-15-5-9-17(10-6-15)19-25(21(28)31-24(32-22(25)29)13-3-4-14-24)20(27-23(30)26-19)18-11-7-16(2)8-12-18/h5-12,19-20H,3-4,13-14H2,1-2H3,(H2,26,27,30)/t19-,20+. The largest absolute Gasteiger partial charge is 0.421 e. The van der Waals surface area contributed by atoms with Gasteiger partial charge in [0.25, 0.3) is 5.79 Å². The fraction of sp³-hybridized carbons (Fsp3) is 0.400. The molecule has 2 heterocycles. The highest BCUT2D eigenvalue weighted by atomic mass is 16.7. The molecule has 2 aromatic carbocycles. The van der Waals surface area contributed by atoms with Crippen LogP contribution in [-0.4, -0.2) is 23.8 Å². The first kappa shape index (κ1) is 20.5. The van der Waals surface area contributed by atoms with E-state index in [-0.39, 0.29) is 0 Å². The van der Waals surface area contributed by atoms with Gasteiger partial charge in [-0.2, -0.15) is 0 Å². The Hall–Kier alpha value is -3.35. The summed E-state index contributed by atoms with van der Waals surface area (Å²) in [5, 5.41) is 5.62. The Morgan fingerprint density at radius 2 is 1.12 bits per heavy atom. The molecule has 2 spiro atoms. The maximum absolute atomic E-state index is 13.8. The molecule has 0 radical (unpaired) electrons. The average Bonchev–Trinajstić information content (AvgIpc) is 3.20. The number of nitrogens with one attached hydrogen (secondary N) is 2. The van der Waals surface area contributed by atoms with Gasteiger partial charge in [0.15, 0.2) is 0 Å². The van der Waals surface area contributed by atoms with E-state index in [2.05, 4.69) is 10.6 Å². The first-order valence-corrected chi connectivity index (χ1v) is 11.0. The van der Waals surface area contributed by atoms with Crippen molar-refractivity contribution in [3.05, 3.63) is 70.8 Å². The second-order valence-electron chi connectivity index (χ2n) is 9.07. The van der Waals surface area contributed by atoms with Gasteiger partial charge >= 0.3 is 18.0 Å². The van der Waals surface area contributed by atoms with Gasteiger partial charge in [0.2, 0.25) is 5.41 Å². The maximum atomic E-state index is 13.8. The van der Waals surface area contributed by atoms with Crippen LogP contribution < -0.4 is 10.6 Å². The summed E-state index contributed by atoms with van der Waals surface area (Å²) >= 11 is 0. The quantitative estimate of drug-likeness (QED) is 0.555. The van der Waals surface area contributed by atoms with Crippen molar-refractivity contribution in [3.63, 3.8) is 0 Å². The van der Waals surface area contributed by atoms with Crippen LogP contribution >= 0.6 is 0 Å². The van der Waals surface area contributed by atoms with E-state index in [0.717, 1.165) is 24.0 Å². The zero-order chi connectivity index (χ0) is 22.5. The number of carbonyl (C=O) groups excluding carboxylic acids is 3. The molecule has 2 aromatic rings. The van der Waals surface area contributed by atoms with Gasteiger partial charge in [-0.15, -0.1) is 0 Å². The smallest absolute Gasteiger partial charge is 0.331 e. The summed E-state index contributed by atoms with van der Waals surface area (Å²) in [4.78, 5) is 40.4. The Morgan fingerprint density at radius 1 is 0.719 bits per heavy atom. The van der Waals surface area contributed by atoms with E-state index >= 15 is 0 Å². The average molecular weight is 434 g/mol. The molecule has 7 nitrogen and oxygen atoms in total. The van der Waals surface area contributed by atoms with Crippen molar-refractivity contribution >= 4 is 18.0 Å². The van der Waals surface area contributed by atoms with Crippen molar-refractivity contribution in [2.24, 2.45) is 5.41 Å². The minimum atomic E-state index is -1.80. The molecule has 2 aliphatic heterocycles. The molecule has 166 valence electrons. The number of amides is 2. The zero-order valence-electron chi connectivity index (χ0n) is 18.1. The number of hydrogen-bond donors (Lipinski definition) is 2. The molecule has 7 heteroatoms. The van der Waals surface area contributed by atoms with E-state index < -0.39 is 41.3 Å². The lowest BCUT2D eigenvalue weighted by atomic mass is 9.67. The fourth-order valence-corrected chi connectivity index (χ4v) is 5.11. The van der Waals surface area contributed by atoms with Crippen LogP contribution in [0.15, 0.2) is 48.5 Å². The van der Waals surface area contributed by atoms with Crippen LogP contribution in [0.4, 0.5) is 4.79 Å². The van der Waals surface area contributed by atoms with Crippen molar-refractivity contribution in [3.8, 4) is 0 Å². The number of benzene rings is 2. The maximum Gasteiger partial charge on any atom is 0.331 e. The number of rotatable bonds is 2. The molecule has 0 aromatic heterocycles. The first-order chi connectivity index (χ1) is 15.3. The summed E-state index contributed by atoms with van der Waals surface area (Å²) in [5.74, 6) is -2.53. The predicted molar refractivity (Wildman–Crippen MR) is 115 cm³/mol. The molecular weight excluding hydrogens is 408 g/mol. The van der Waals surface area contributed by atoms with E-state index in [4.69, 9.17) is 9.47 Å². The van der Waals surface area contributed by atoms with E-state index in [1.807, 2.05) is 62.4 Å². The number of esters is 2. The minimum absolute atomic E-state index is 0.464. The lowest BCUT2D eigenvalue weighted by Crippen LogP contribution is -2.69. The van der Waals surface area contributed by atoms with Crippen molar-refractivity contribution in [2.45, 2.75) is 57.4 Å². The molecule has 2 atom stereocenters. The van der Waals surface area contributed by atoms with Gasteiger partial charge < -0.3 is 20.1 Å². The Morgan fingerprint density at radius 3 is 1.53 bits per heavy atom. The predicted octanol–water partition coefficient (Wildman–Crippen LogP) is 3.76. The highest BCUT2D eigenvalue weighted by molar-refractivity contribution is 6.05. The third-order valence-corrected chi connectivity index (χ3v) is 6.88. The van der Waals surface area contributed by atoms with Crippen LogP contribution in [0.2, 0.25) is 0 Å². The summed E-state index contributed by atoms with van der Waals surface area (Å²) in [6, 6.07) is 12.5. The van der Waals surface area contributed by atoms with Crippen molar-refractivity contribution in [1.82, 2.24) is 10.6 Å². The number of urea groups is 1. The van der Waals surface area contributed by atoms with Gasteiger partial charge in [-0.05, 0) is 37.8 Å². The third-order valence-electron chi connectivity index (χ3n) is 6.88. The molecule has 0 bridgehead atoms. The molecule has 3 fully saturated rings. The van der Waals surface area contributed by atoms with Crippen molar-refractivity contribution in [2.75, 3.05) is 0 Å². The van der Waals surface area contributed by atoms with Gasteiger partial charge in [0.1, 0.15) is 0 Å². The number of hydrogen-bond acceptors (Lipinski definition) is 5. The molecule has 1 saturated carbocycles. The monoisotopic (exact) mass is 434 g/mol. The number of aryl methyl sites for hydroxylation is 2. The molecule has 32 heavy (non-hydrogen) atoms. The van der Waals surface area contributed by atoms with Gasteiger partial charge in [0, 0.05) is 12.8 Å². The molecule has 1 aliphatic carbocycles. The van der Waals surface area contributed by atoms with Crippen LogP contribution in [0, 0.1) is 19.3 Å². The van der Waals surface area contributed by atoms with Gasteiger partial charge in [-0.1, -0.05) is 59.7 Å². The summed E-state index contributed by atoms with van der Waals surface area (Å²) in [5.41, 5.74) is 1.53. The number of carbonyl (C=O) groups is 3. The fourth-order valence-electron chi connectivity index (χ4n) is 5.11. The van der Waals surface area contributed by atoms with Gasteiger partial charge in [-0.25, -0.2) is 4.79 Å². The van der Waals surface area contributed by atoms with E-state index in [0.29, 0.717) is 24.0 Å². The summed E-state index contributed by atoms with van der Waals surface area (Å²) in [6.07, 6.45) is 2.63. The molecule has 3 aliphatic rings. The Kier molecular flexibility index (Phi) is 4.73. The first-order valence-electron chi connectivity index (χ1n) is 11.0. The van der Waals surface area contributed by atoms with Crippen LogP contribution in [0.25, 0.3) is 0 Å². The van der Waals surface area contributed by atoms with Crippen LogP contribution in [0.5, 0.6) is 0 Å². The second kappa shape index (κ2) is 7.36. The molecule has 2 N–H and O–H groups in total. The summed E-state index contributed by atoms with van der Waals surface area (Å²) in [6.45, 7) is 3.89. The normalized spacial score (nSPS) is 25.8. The Bertz CT molecular complexity index is 991. The van der Waals surface area contributed by atoms with Crippen LogP contribution in [-0.2, 0) is 19.1 Å². The molecule has 2 saturated heterocycles. The van der Waals surface area contributed by atoms with Crippen LogP contribution in [0.3, 0.4) is 0 Å². The van der Waals surface area contributed by atoms with Gasteiger partial charge in [-0.3, -0.25) is 9.59 Å². The molecular formula is C25H26N2O5. The van der Waals surface area contributed by atoms with Gasteiger partial charge in [0.05, 0.1) is 12.1 Å². The third kappa shape index (κ3) is 3.06. The van der Waals surface area contributed by atoms with Crippen molar-refractivity contribution < 1.29 is 23.9 Å². The number of ether oxygens (including phenoxy) is 2. The van der Waals surface area contributed by atoms with Crippen LogP contribution in [0.1, 0.15) is 60.0 Å². The highest BCUT2D eigenvalue weighted by Gasteiger charge is 2.69. The minimum Gasteiger partial charge on any atom is -0.421 e. The molecule has 0 unspecified atom stereocenters. The lowest BCUT2D eigenvalue weighted by molar-refractivity contribution is -0.266. The SMILES string of the molecule is Cc1ccc([C@H]2NC(=O)N[C@@H](c3ccc(C)cc3)C23C(=O)OC2(CCCC2)OC3=O)cc1. The lowest BCUT2D eigenvalue weighted by Gasteiger charge is -2.50. The van der Waals surface area contributed by atoms with Crippen molar-refractivity contribution in [1.29, 1.82) is 0 Å². The van der Waals surface area contributed by atoms with E-state index in [9.17, 15) is 14.4 Å². The molecule has 5 rings (SSSR count). The Balaban J connectivity index is 1.68. The summed E-state index contributed by atoms with van der Waals surface area (Å²) in [7, 11) is 0. The second-order valence-corrected chi connectivity index (χ2v) is 9.07. The van der Waals surface area contributed by atoms with E-state index in [1.165, 1.54) is 0 Å². The highest BCUT2D eigenvalue weighted by Crippen LogP contribution is 2.54. The molecule has 2 amide bonds.